The number of hydrogen-bond acceptors (Lipinski definition) is 2. The van der Waals surface area contributed by atoms with Crippen LogP contribution in [0.3, 0.4) is 0 Å². The molecule has 0 spiro atoms. The van der Waals surface area contributed by atoms with Crippen LogP contribution in [0.1, 0.15) is 24.8 Å². The zero-order valence-corrected chi connectivity index (χ0v) is 12.7. The Bertz CT molecular complexity index is 572. The molecule has 2 fully saturated rings. The number of halogens is 4. The van der Waals surface area contributed by atoms with Gasteiger partial charge < -0.3 is 10.2 Å². The molecular weight excluding hydrogens is 349 g/mol. The lowest BCUT2D eigenvalue weighted by molar-refractivity contribution is -0.137. The van der Waals surface area contributed by atoms with Crippen molar-refractivity contribution in [2.45, 2.75) is 37.5 Å². The average molecular weight is 363 g/mol. The molecule has 114 valence electrons. The number of hydrogen-bond donors (Lipinski definition) is 1. The average Bonchev–Trinajstić information content (AvgIpc) is 3.15. The van der Waals surface area contributed by atoms with E-state index in [0.717, 1.165) is 25.0 Å². The fourth-order valence-corrected chi connectivity index (χ4v) is 2.96. The lowest BCUT2D eigenvalue weighted by Crippen LogP contribution is -2.39. The minimum Gasteiger partial charge on any atom is -0.310 e. The van der Waals surface area contributed by atoms with Crippen LogP contribution in [0, 0.1) is 0 Å². The molecule has 1 N–H and O–H groups in total. The SMILES string of the molecule is O=C1C(NC2CC2)CCN1c1cc(C(F)(F)F)ccc1Br. The van der Waals surface area contributed by atoms with Gasteiger partial charge >= 0.3 is 6.18 Å². The Morgan fingerprint density at radius 2 is 1.95 bits per heavy atom. The van der Waals surface area contributed by atoms with E-state index in [1.807, 2.05) is 0 Å². The van der Waals surface area contributed by atoms with Crippen LogP contribution in [0.15, 0.2) is 22.7 Å². The summed E-state index contributed by atoms with van der Waals surface area (Å²) in [5.41, 5.74) is -0.456. The third kappa shape index (κ3) is 3.08. The fraction of sp³-hybridized carbons (Fsp3) is 0.500. The largest absolute Gasteiger partial charge is 0.416 e. The van der Waals surface area contributed by atoms with Crippen LogP contribution in [0.4, 0.5) is 18.9 Å². The third-order valence-electron chi connectivity index (χ3n) is 3.78. The number of carbonyl (C=O) groups excluding carboxylic acids is 1. The third-order valence-corrected chi connectivity index (χ3v) is 4.45. The molecule has 0 radical (unpaired) electrons. The van der Waals surface area contributed by atoms with E-state index < -0.39 is 11.7 Å². The van der Waals surface area contributed by atoms with Crippen LogP contribution in [0.5, 0.6) is 0 Å². The monoisotopic (exact) mass is 362 g/mol. The minimum atomic E-state index is -4.41. The van der Waals surface area contributed by atoms with Crippen molar-refractivity contribution >= 4 is 27.5 Å². The van der Waals surface area contributed by atoms with Gasteiger partial charge in [-0.05, 0) is 53.4 Å². The summed E-state index contributed by atoms with van der Waals surface area (Å²) in [4.78, 5) is 13.8. The summed E-state index contributed by atoms with van der Waals surface area (Å²) in [5, 5.41) is 3.24. The Morgan fingerprint density at radius 1 is 1.24 bits per heavy atom. The molecule has 3 nitrogen and oxygen atoms in total. The molecular formula is C14H14BrF3N2O. The van der Waals surface area contributed by atoms with Gasteiger partial charge in [-0.1, -0.05) is 0 Å². The van der Waals surface area contributed by atoms with Crippen molar-refractivity contribution in [1.82, 2.24) is 5.32 Å². The van der Waals surface area contributed by atoms with E-state index in [2.05, 4.69) is 21.2 Å². The van der Waals surface area contributed by atoms with Crippen molar-refractivity contribution in [2.75, 3.05) is 11.4 Å². The van der Waals surface area contributed by atoms with Gasteiger partial charge in [0, 0.05) is 17.1 Å². The molecule has 1 aromatic rings. The quantitative estimate of drug-likeness (QED) is 0.894. The number of amides is 1. The first-order chi connectivity index (χ1) is 9.86. The molecule has 1 aromatic carbocycles. The molecule has 1 heterocycles. The maximum atomic E-state index is 12.8. The summed E-state index contributed by atoms with van der Waals surface area (Å²) in [6.45, 7) is 0.434. The standard InChI is InChI=1S/C14H14BrF3N2O/c15-10-4-1-8(14(16,17)18)7-12(10)20-6-5-11(13(20)21)19-9-2-3-9/h1,4,7,9,11,19H,2-3,5-6H2. The van der Waals surface area contributed by atoms with Crippen molar-refractivity contribution in [1.29, 1.82) is 0 Å². The highest BCUT2D eigenvalue weighted by Crippen LogP contribution is 2.37. The highest BCUT2D eigenvalue weighted by Gasteiger charge is 2.38. The highest BCUT2D eigenvalue weighted by atomic mass is 79.9. The second-order valence-electron chi connectivity index (χ2n) is 5.44. The van der Waals surface area contributed by atoms with E-state index in [4.69, 9.17) is 0 Å². The van der Waals surface area contributed by atoms with Gasteiger partial charge in [0.25, 0.3) is 0 Å². The molecule has 1 saturated heterocycles. The zero-order valence-electron chi connectivity index (χ0n) is 11.1. The molecule has 1 saturated carbocycles. The number of rotatable bonds is 3. The molecule has 0 aromatic heterocycles. The maximum absolute atomic E-state index is 12.8. The predicted octanol–water partition coefficient (Wildman–Crippen LogP) is 3.33. The Labute approximate surface area is 128 Å². The van der Waals surface area contributed by atoms with Gasteiger partial charge in [0.1, 0.15) is 0 Å². The summed E-state index contributed by atoms with van der Waals surface area (Å²) in [5.74, 6) is -0.151. The van der Waals surface area contributed by atoms with Crippen molar-refractivity contribution in [3.8, 4) is 0 Å². The molecule has 1 aliphatic heterocycles. The van der Waals surface area contributed by atoms with Crippen molar-refractivity contribution in [2.24, 2.45) is 0 Å². The van der Waals surface area contributed by atoms with Gasteiger partial charge in [-0.3, -0.25) is 4.79 Å². The van der Waals surface area contributed by atoms with Crippen LogP contribution in [0.25, 0.3) is 0 Å². The van der Waals surface area contributed by atoms with Gasteiger partial charge in [-0.25, -0.2) is 0 Å². The van der Waals surface area contributed by atoms with Crippen LogP contribution in [0.2, 0.25) is 0 Å². The van der Waals surface area contributed by atoms with E-state index in [0.29, 0.717) is 23.5 Å². The topological polar surface area (TPSA) is 32.3 Å². The number of alkyl halides is 3. The first-order valence-electron chi connectivity index (χ1n) is 6.80. The van der Waals surface area contributed by atoms with E-state index in [-0.39, 0.29) is 17.6 Å². The van der Waals surface area contributed by atoms with Gasteiger partial charge in [0.2, 0.25) is 5.91 Å². The number of benzene rings is 1. The molecule has 1 aliphatic carbocycles. The first kappa shape index (κ1) is 14.8. The van der Waals surface area contributed by atoms with Crippen molar-refractivity contribution < 1.29 is 18.0 Å². The lowest BCUT2D eigenvalue weighted by Gasteiger charge is -2.20. The fourth-order valence-electron chi connectivity index (χ4n) is 2.50. The molecule has 2 aliphatic rings. The Kier molecular flexibility index (Phi) is 3.73. The Balaban J connectivity index is 1.84. The van der Waals surface area contributed by atoms with E-state index in [1.54, 1.807) is 0 Å². The second kappa shape index (κ2) is 5.28. The van der Waals surface area contributed by atoms with Crippen LogP contribution in [-0.2, 0) is 11.0 Å². The zero-order chi connectivity index (χ0) is 15.2. The lowest BCUT2D eigenvalue weighted by atomic mass is 10.2. The summed E-state index contributed by atoms with van der Waals surface area (Å²) in [6, 6.07) is 3.49. The summed E-state index contributed by atoms with van der Waals surface area (Å²) >= 11 is 3.24. The first-order valence-corrected chi connectivity index (χ1v) is 7.60. The van der Waals surface area contributed by atoms with Crippen molar-refractivity contribution in [3.05, 3.63) is 28.2 Å². The maximum Gasteiger partial charge on any atom is 0.416 e. The van der Waals surface area contributed by atoms with Gasteiger partial charge in [0.05, 0.1) is 17.3 Å². The summed E-state index contributed by atoms with van der Waals surface area (Å²) < 4.78 is 38.9. The van der Waals surface area contributed by atoms with Gasteiger partial charge in [-0.2, -0.15) is 13.2 Å². The van der Waals surface area contributed by atoms with Crippen molar-refractivity contribution in [3.63, 3.8) is 0 Å². The van der Waals surface area contributed by atoms with Gasteiger partial charge in [0.15, 0.2) is 0 Å². The van der Waals surface area contributed by atoms with E-state index in [9.17, 15) is 18.0 Å². The number of nitrogens with zero attached hydrogens (tertiary/aromatic N) is 1. The molecule has 3 rings (SSSR count). The Morgan fingerprint density at radius 3 is 2.57 bits per heavy atom. The molecule has 21 heavy (non-hydrogen) atoms. The van der Waals surface area contributed by atoms with Crippen LogP contribution in [-0.4, -0.2) is 24.5 Å². The number of anilines is 1. The second-order valence-corrected chi connectivity index (χ2v) is 6.29. The number of carbonyl (C=O) groups is 1. The highest BCUT2D eigenvalue weighted by molar-refractivity contribution is 9.10. The minimum absolute atomic E-state index is 0.151. The molecule has 1 unspecified atom stereocenters. The normalized spacial score (nSPS) is 23.0. The summed E-state index contributed by atoms with van der Waals surface area (Å²) in [6.07, 6.45) is -1.66. The van der Waals surface area contributed by atoms with Crippen LogP contribution >= 0.6 is 15.9 Å². The molecule has 0 bridgehead atoms. The van der Waals surface area contributed by atoms with E-state index in [1.165, 1.54) is 11.0 Å². The number of nitrogens with one attached hydrogen (secondary N) is 1. The molecule has 7 heteroatoms. The Hall–Kier alpha value is -1.08. The van der Waals surface area contributed by atoms with Crippen LogP contribution < -0.4 is 10.2 Å². The molecule has 1 atom stereocenters. The molecule has 1 amide bonds. The van der Waals surface area contributed by atoms with E-state index >= 15 is 0 Å². The van der Waals surface area contributed by atoms with Gasteiger partial charge in [-0.15, -0.1) is 0 Å². The predicted molar refractivity (Wildman–Crippen MR) is 76.1 cm³/mol. The smallest absolute Gasteiger partial charge is 0.310 e. The summed E-state index contributed by atoms with van der Waals surface area (Å²) in [7, 11) is 0.